The van der Waals surface area contributed by atoms with Gasteiger partial charge in [0.05, 0.1) is 6.54 Å². The monoisotopic (exact) mass is 413 g/mol. The lowest BCUT2D eigenvalue weighted by Crippen LogP contribution is -2.43. The number of amides is 1. The van der Waals surface area contributed by atoms with Gasteiger partial charge in [0.25, 0.3) is 0 Å². The summed E-state index contributed by atoms with van der Waals surface area (Å²) in [5, 5.41) is 7.11. The molecule has 1 saturated heterocycles. The first kappa shape index (κ1) is 20.1. The van der Waals surface area contributed by atoms with E-state index in [9.17, 15) is 4.79 Å². The molecule has 2 aromatic rings. The highest BCUT2D eigenvalue weighted by molar-refractivity contribution is 6.30. The van der Waals surface area contributed by atoms with Crippen LogP contribution in [0.1, 0.15) is 36.9 Å². The van der Waals surface area contributed by atoms with E-state index in [1.165, 1.54) is 24.1 Å². The van der Waals surface area contributed by atoms with Crippen LogP contribution >= 0.6 is 11.6 Å². The van der Waals surface area contributed by atoms with Crippen LogP contribution in [0.5, 0.6) is 0 Å². The third-order valence-electron chi connectivity index (χ3n) is 5.84. The van der Waals surface area contributed by atoms with Gasteiger partial charge in [-0.3, -0.25) is 9.69 Å². The van der Waals surface area contributed by atoms with Gasteiger partial charge in [0.1, 0.15) is 5.82 Å². The van der Waals surface area contributed by atoms with Crippen molar-refractivity contribution in [2.24, 2.45) is 0 Å². The van der Waals surface area contributed by atoms with Gasteiger partial charge in [-0.05, 0) is 50.7 Å². The molecule has 1 aromatic carbocycles. The molecular formula is C22H28ClN5O. The number of nitrogens with one attached hydrogen (secondary N) is 2. The first-order valence-corrected chi connectivity index (χ1v) is 10.9. The average molecular weight is 414 g/mol. The van der Waals surface area contributed by atoms with Gasteiger partial charge in [-0.1, -0.05) is 23.7 Å². The zero-order chi connectivity index (χ0) is 20.2. The minimum atomic E-state index is 0.0763. The first-order chi connectivity index (χ1) is 14.1. The molecular weight excluding hydrogens is 386 g/mol. The van der Waals surface area contributed by atoms with Gasteiger partial charge in [0, 0.05) is 48.0 Å². The van der Waals surface area contributed by atoms with Crippen molar-refractivity contribution in [3.63, 3.8) is 0 Å². The molecule has 4 rings (SSSR count). The van der Waals surface area contributed by atoms with Crippen LogP contribution < -0.4 is 10.6 Å². The second-order valence-corrected chi connectivity index (χ2v) is 8.34. The van der Waals surface area contributed by atoms with E-state index in [0.29, 0.717) is 17.6 Å². The first-order valence-electron chi connectivity index (χ1n) is 10.5. The number of carbonyl (C=O) groups is 1. The lowest BCUT2D eigenvalue weighted by Gasteiger charge is -2.33. The molecule has 6 nitrogen and oxygen atoms in total. The summed E-state index contributed by atoms with van der Waals surface area (Å²) in [4.78, 5) is 23.6. The zero-order valence-corrected chi connectivity index (χ0v) is 17.6. The molecule has 2 heterocycles. The number of likely N-dealkylation sites (N-methyl/N-ethyl adjacent to an activating group) is 1. The summed E-state index contributed by atoms with van der Waals surface area (Å²) in [6.07, 6.45) is 6.40. The van der Waals surface area contributed by atoms with E-state index in [1.807, 2.05) is 24.3 Å². The largest absolute Gasteiger partial charge is 0.367 e. The molecule has 0 unspecified atom stereocenters. The number of piperidine rings is 1. The quantitative estimate of drug-likeness (QED) is 0.787. The maximum atomic E-state index is 11.6. The Balaban J connectivity index is 1.52. The second kappa shape index (κ2) is 9.09. The lowest BCUT2D eigenvalue weighted by molar-refractivity contribution is -0.122. The standard InChI is InChI=1S/C22H28ClN5O/c1-24-20(29)14-28-11-9-17(10-12-28)25-22-18-7-2-3-8-19(18)26-21(27-22)15-5-4-6-16(23)13-15/h4-6,13,17H,2-3,7-12,14H2,1H3,(H,24,29)(H,25,26,27). The van der Waals surface area contributed by atoms with Crippen molar-refractivity contribution in [3.8, 4) is 11.4 Å². The van der Waals surface area contributed by atoms with Crippen molar-refractivity contribution in [1.82, 2.24) is 20.2 Å². The molecule has 0 saturated carbocycles. The van der Waals surface area contributed by atoms with Crippen molar-refractivity contribution in [2.75, 3.05) is 32.0 Å². The van der Waals surface area contributed by atoms with E-state index < -0.39 is 0 Å². The van der Waals surface area contributed by atoms with E-state index in [0.717, 1.165) is 56.0 Å². The Kier molecular flexibility index (Phi) is 6.31. The van der Waals surface area contributed by atoms with E-state index in [1.54, 1.807) is 7.05 Å². The van der Waals surface area contributed by atoms with Gasteiger partial charge in [-0.15, -0.1) is 0 Å². The molecule has 0 spiro atoms. The van der Waals surface area contributed by atoms with E-state index >= 15 is 0 Å². The number of anilines is 1. The van der Waals surface area contributed by atoms with Crippen LogP contribution in [0.2, 0.25) is 5.02 Å². The minimum Gasteiger partial charge on any atom is -0.367 e. The van der Waals surface area contributed by atoms with Gasteiger partial charge < -0.3 is 10.6 Å². The highest BCUT2D eigenvalue weighted by Gasteiger charge is 2.24. The van der Waals surface area contributed by atoms with Crippen molar-refractivity contribution in [3.05, 3.63) is 40.5 Å². The number of nitrogens with zero attached hydrogens (tertiary/aromatic N) is 3. The molecule has 1 aromatic heterocycles. The smallest absolute Gasteiger partial charge is 0.233 e. The highest BCUT2D eigenvalue weighted by atomic mass is 35.5. The predicted molar refractivity (Wildman–Crippen MR) is 116 cm³/mol. The number of fused-ring (bicyclic) bond motifs is 1. The number of likely N-dealkylation sites (tertiary alicyclic amines) is 1. The topological polar surface area (TPSA) is 70.2 Å². The van der Waals surface area contributed by atoms with Crippen LogP contribution in [-0.4, -0.2) is 53.5 Å². The number of hydrogen-bond acceptors (Lipinski definition) is 5. The molecule has 2 N–H and O–H groups in total. The lowest BCUT2D eigenvalue weighted by atomic mass is 9.95. The Morgan fingerprint density at radius 3 is 2.76 bits per heavy atom. The molecule has 1 aliphatic heterocycles. The zero-order valence-electron chi connectivity index (χ0n) is 16.9. The Morgan fingerprint density at radius 2 is 2.00 bits per heavy atom. The molecule has 0 radical (unpaired) electrons. The summed E-state index contributed by atoms with van der Waals surface area (Å²) >= 11 is 6.19. The maximum absolute atomic E-state index is 11.6. The molecule has 1 fully saturated rings. The number of halogens is 1. The summed E-state index contributed by atoms with van der Waals surface area (Å²) < 4.78 is 0. The second-order valence-electron chi connectivity index (χ2n) is 7.91. The number of aryl methyl sites for hydroxylation is 1. The van der Waals surface area contributed by atoms with E-state index in [2.05, 4.69) is 15.5 Å². The van der Waals surface area contributed by atoms with Crippen molar-refractivity contribution in [2.45, 2.75) is 44.6 Å². The summed E-state index contributed by atoms with van der Waals surface area (Å²) in [6.45, 7) is 2.31. The normalized spacial score (nSPS) is 17.6. The Morgan fingerprint density at radius 1 is 1.21 bits per heavy atom. The van der Waals surface area contributed by atoms with Crippen LogP contribution in [0.4, 0.5) is 5.82 Å². The van der Waals surface area contributed by atoms with Gasteiger partial charge in [0.15, 0.2) is 5.82 Å². The van der Waals surface area contributed by atoms with Crippen LogP contribution in [0, 0.1) is 0 Å². The molecule has 29 heavy (non-hydrogen) atoms. The Hall–Kier alpha value is -2.18. The molecule has 0 atom stereocenters. The number of rotatable bonds is 5. The third-order valence-corrected chi connectivity index (χ3v) is 6.08. The predicted octanol–water partition coefficient (Wildman–Crippen LogP) is 3.30. The summed E-state index contributed by atoms with van der Waals surface area (Å²) in [5.74, 6) is 1.80. The molecule has 1 aliphatic carbocycles. The van der Waals surface area contributed by atoms with Crippen molar-refractivity contribution in [1.29, 1.82) is 0 Å². The van der Waals surface area contributed by atoms with Crippen LogP contribution in [-0.2, 0) is 17.6 Å². The molecule has 0 bridgehead atoms. The number of aromatic nitrogens is 2. The van der Waals surface area contributed by atoms with Crippen molar-refractivity contribution >= 4 is 23.3 Å². The fourth-order valence-electron chi connectivity index (χ4n) is 4.18. The Labute approximate surface area is 177 Å². The molecule has 154 valence electrons. The maximum Gasteiger partial charge on any atom is 0.233 e. The summed E-state index contributed by atoms with van der Waals surface area (Å²) in [7, 11) is 1.69. The molecule has 2 aliphatic rings. The highest BCUT2D eigenvalue weighted by Crippen LogP contribution is 2.30. The fourth-order valence-corrected chi connectivity index (χ4v) is 4.37. The summed E-state index contributed by atoms with van der Waals surface area (Å²) in [5.41, 5.74) is 3.39. The molecule has 7 heteroatoms. The van der Waals surface area contributed by atoms with Crippen molar-refractivity contribution < 1.29 is 4.79 Å². The molecule has 1 amide bonds. The van der Waals surface area contributed by atoms with Gasteiger partial charge in [0.2, 0.25) is 5.91 Å². The van der Waals surface area contributed by atoms with Crippen LogP contribution in [0.3, 0.4) is 0 Å². The number of carbonyl (C=O) groups excluding carboxylic acids is 1. The van der Waals surface area contributed by atoms with E-state index in [-0.39, 0.29) is 5.91 Å². The van der Waals surface area contributed by atoms with E-state index in [4.69, 9.17) is 21.6 Å². The van der Waals surface area contributed by atoms with Crippen LogP contribution in [0.25, 0.3) is 11.4 Å². The number of hydrogen-bond donors (Lipinski definition) is 2. The van der Waals surface area contributed by atoms with Gasteiger partial charge in [-0.2, -0.15) is 0 Å². The van der Waals surface area contributed by atoms with Gasteiger partial charge in [-0.25, -0.2) is 9.97 Å². The Bertz CT molecular complexity index is 880. The van der Waals surface area contributed by atoms with Gasteiger partial charge >= 0.3 is 0 Å². The summed E-state index contributed by atoms with van der Waals surface area (Å²) in [6, 6.07) is 8.11. The SMILES string of the molecule is CNC(=O)CN1CCC(Nc2nc(-c3cccc(Cl)c3)nc3c2CCCC3)CC1. The number of benzene rings is 1. The van der Waals surface area contributed by atoms with Crippen LogP contribution in [0.15, 0.2) is 24.3 Å². The third kappa shape index (κ3) is 4.87. The minimum absolute atomic E-state index is 0.0763. The fraction of sp³-hybridized carbons (Fsp3) is 0.500. The average Bonchev–Trinajstić information content (AvgIpc) is 2.75.